The number of hydrogen-bond acceptors (Lipinski definition) is 5. The number of rotatable bonds is 4. The van der Waals surface area contributed by atoms with Crippen LogP contribution >= 0.6 is 0 Å². The minimum Gasteiger partial charge on any atom is -0.467 e. The van der Waals surface area contributed by atoms with Gasteiger partial charge in [-0.1, -0.05) is 23.8 Å². The quantitative estimate of drug-likeness (QED) is 0.879. The summed E-state index contributed by atoms with van der Waals surface area (Å²) in [7, 11) is 1.37. The first-order chi connectivity index (χ1) is 10.7. The fraction of sp³-hybridized carbons (Fsp3) is 0.235. The Labute approximate surface area is 128 Å². The van der Waals surface area contributed by atoms with Crippen LogP contribution in [0.3, 0.4) is 0 Å². The van der Waals surface area contributed by atoms with Gasteiger partial charge in [0.25, 0.3) is 0 Å². The number of fused-ring (bicyclic) bond motifs is 1. The molecule has 0 aliphatic carbocycles. The zero-order chi connectivity index (χ0) is 15.5. The summed E-state index contributed by atoms with van der Waals surface area (Å²) in [6.45, 7) is 2.21. The Balaban J connectivity index is 1.89. The van der Waals surface area contributed by atoms with Crippen LogP contribution in [0, 0.1) is 6.92 Å². The topological polar surface area (TPSA) is 56.8 Å². The lowest BCUT2D eigenvalue weighted by Crippen LogP contribution is -2.22. The summed E-state index contributed by atoms with van der Waals surface area (Å²) in [5, 5.41) is 3.19. The maximum atomic E-state index is 12.1. The van der Waals surface area contributed by atoms with Crippen molar-refractivity contribution in [1.29, 1.82) is 0 Å². The van der Waals surface area contributed by atoms with Gasteiger partial charge in [0.15, 0.2) is 17.5 Å². The Bertz CT molecular complexity index is 682. The molecule has 5 heteroatoms. The van der Waals surface area contributed by atoms with Gasteiger partial charge < -0.3 is 19.5 Å². The largest absolute Gasteiger partial charge is 0.467 e. The van der Waals surface area contributed by atoms with E-state index in [4.69, 9.17) is 14.2 Å². The average Bonchev–Trinajstić information content (AvgIpc) is 3.01. The molecule has 0 bridgehead atoms. The van der Waals surface area contributed by atoms with Crippen LogP contribution in [0.25, 0.3) is 0 Å². The molecule has 2 aromatic rings. The van der Waals surface area contributed by atoms with Crippen molar-refractivity contribution in [2.45, 2.75) is 13.0 Å². The molecule has 1 aliphatic heterocycles. The molecule has 22 heavy (non-hydrogen) atoms. The number of anilines is 1. The molecule has 2 aromatic carbocycles. The summed E-state index contributed by atoms with van der Waals surface area (Å²) in [4.78, 5) is 12.1. The third-order valence-electron chi connectivity index (χ3n) is 3.53. The summed E-state index contributed by atoms with van der Waals surface area (Å²) in [6, 6.07) is 12.6. The second-order valence-corrected chi connectivity index (χ2v) is 5.08. The number of carbonyl (C=O) groups excluding carboxylic acids is 1. The van der Waals surface area contributed by atoms with Gasteiger partial charge in [0, 0.05) is 5.69 Å². The lowest BCUT2D eigenvalue weighted by atomic mass is 10.1. The second-order valence-electron chi connectivity index (χ2n) is 5.08. The highest BCUT2D eigenvalue weighted by Gasteiger charge is 2.24. The van der Waals surface area contributed by atoms with Gasteiger partial charge in [-0.25, -0.2) is 4.79 Å². The van der Waals surface area contributed by atoms with Gasteiger partial charge in [-0.3, -0.25) is 0 Å². The first kappa shape index (κ1) is 14.3. The van der Waals surface area contributed by atoms with E-state index in [1.54, 1.807) is 12.1 Å². The smallest absolute Gasteiger partial charge is 0.332 e. The molecule has 1 aliphatic rings. The zero-order valence-corrected chi connectivity index (χ0v) is 12.5. The maximum absolute atomic E-state index is 12.1. The van der Waals surface area contributed by atoms with Crippen molar-refractivity contribution in [2.24, 2.45) is 0 Å². The molecule has 0 radical (unpaired) electrons. The van der Waals surface area contributed by atoms with Crippen LogP contribution in [-0.2, 0) is 9.53 Å². The summed E-state index contributed by atoms with van der Waals surface area (Å²) in [5.41, 5.74) is 2.76. The van der Waals surface area contributed by atoms with Crippen molar-refractivity contribution in [3.8, 4) is 11.5 Å². The highest BCUT2D eigenvalue weighted by molar-refractivity contribution is 5.81. The van der Waals surface area contributed by atoms with E-state index in [0.717, 1.165) is 16.8 Å². The van der Waals surface area contributed by atoms with Crippen LogP contribution in [0.2, 0.25) is 0 Å². The molecule has 5 nitrogen and oxygen atoms in total. The molecule has 0 aromatic heterocycles. The number of carbonyl (C=O) groups is 1. The van der Waals surface area contributed by atoms with Crippen LogP contribution in [-0.4, -0.2) is 19.9 Å². The van der Waals surface area contributed by atoms with E-state index in [1.807, 2.05) is 37.3 Å². The molecule has 1 N–H and O–H groups in total. The van der Waals surface area contributed by atoms with Gasteiger partial charge in [0.2, 0.25) is 6.79 Å². The van der Waals surface area contributed by atoms with E-state index in [-0.39, 0.29) is 12.8 Å². The van der Waals surface area contributed by atoms with E-state index in [2.05, 4.69) is 5.32 Å². The van der Waals surface area contributed by atoms with Crippen molar-refractivity contribution < 1.29 is 19.0 Å². The molecule has 1 heterocycles. The van der Waals surface area contributed by atoms with Crippen LogP contribution < -0.4 is 14.8 Å². The Morgan fingerprint density at radius 2 is 1.86 bits per heavy atom. The van der Waals surface area contributed by atoms with Crippen LogP contribution in [0.15, 0.2) is 42.5 Å². The van der Waals surface area contributed by atoms with Crippen LogP contribution in [0.5, 0.6) is 11.5 Å². The first-order valence-electron chi connectivity index (χ1n) is 6.98. The van der Waals surface area contributed by atoms with Gasteiger partial charge in [-0.05, 0) is 36.8 Å². The Morgan fingerprint density at radius 1 is 1.14 bits per heavy atom. The third kappa shape index (κ3) is 2.83. The molecule has 3 rings (SSSR count). The Hall–Kier alpha value is -2.69. The van der Waals surface area contributed by atoms with Crippen molar-refractivity contribution in [2.75, 3.05) is 19.2 Å². The standard InChI is InChI=1S/C17H17NO4/c1-11-3-6-13(7-4-11)18-16(17(19)20-2)12-5-8-14-15(9-12)22-10-21-14/h3-9,16,18H,10H2,1-2H3. The van der Waals surface area contributed by atoms with Crippen molar-refractivity contribution in [3.05, 3.63) is 53.6 Å². The SMILES string of the molecule is COC(=O)C(Nc1ccc(C)cc1)c1ccc2c(c1)OCO2. The average molecular weight is 299 g/mol. The fourth-order valence-electron chi connectivity index (χ4n) is 2.31. The van der Waals surface area contributed by atoms with E-state index in [9.17, 15) is 4.79 Å². The number of hydrogen-bond donors (Lipinski definition) is 1. The van der Waals surface area contributed by atoms with Gasteiger partial charge in [-0.15, -0.1) is 0 Å². The number of nitrogens with one attached hydrogen (secondary N) is 1. The summed E-state index contributed by atoms with van der Waals surface area (Å²) in [6.07, 6.45) is 0. The molecule has 1 unspecified atom stereocenters. The monoisotopic (exact) mass is 299 g/mol. The molecular weight excluding hydrogens is 282 g/mol. The summed E-state index contributed by atoms with van der Waals surface area (Å²) < 4.78 is 15.6. The third-order valence-corrected chi connectivity index (χ3v) is 3.53. The van der Waals surface area contributed by atoms with Gasteiger partial charge in [0.05, 0.1) is 7.11 Å². The lowest BCUT2D eigenvalue weighted by molar-refractivity contribution is -0.141. The molecule has 0 saturated heterocycles. The molecule has 0 amide bonds. The van der Waals surface area contributed by atoms with Gasteiger partial charge >= 0.3 is 5.97 Å². The molecule has 0 saturated carbocycles. The highest BCUT2D eigenvalue weighted by atomic mass is 16.7. The first-order valence-corrected chi connectivity index (χ1v) is 6.98. The minimum atomic E-state index is -0.609. The van der Waals surface area contributed by atoms with Crippen molar-refractivity contribution >= 4 is 11.7 Å². The molecule has 0 spiro atoms. The number of esters is 1. The van der Waals surface area contributed by atoms with E-state index in [1.165, 1.54) is 7.11 Å². The Kier molecular flexibility index (Phi) is 3.87. The summed E-state index contributed by atoms with van der Waals surface area (Å²) in [5.74, 6) is 0.958. The molecule has 0 fully saturated rings. The van der Waals surface area contributed by atoms with Crippen molar-refractivity contribution in [1.82, 2.24) is 0 Å². The molecule has 114 valence electrons. The minimum absolute atomic E-state index is 0.201. The lowest BCUT2D eigenvalue weighted by Gasteiger charge is -2.18. The normalized spacial score (nSPS) is 13.5. The summed E-state index contributed by atoms with van der Waals surface area (Å²) >= 11 is 0. The van der Waals surface area contributed by atoms with Gasteiger partial charge in [-0.2, -0.15) is 0 Å². The number of methoxy groups -OCH3 is 1. The number of benzene rings is 2. The van der Waals surface area contributed by atoms with E-state index in [0.29, 0.717) is 11.5 Å². The Morgan fingerprint density at radius 3 is 2.59 bits per heavy atom. The number of ether oxygens (including phenoxy) is 3. The predicted molar refractivity (Wildman–Crippen MR) is 82.1 cm³/mol. The van der Waals surface area contributed by atoms with Crippen LogP contribution in [0.4, 0.5) is 5.69 Å². The highest BCUT2D eigenvalue weighted by Crippen LogP contribution is 2.35. The fourth-order valence-corrected chi connectivity index (χ4v) is 2.31. The zero-order valence-electron chi connectivity index (χ0n) is 12.5. The van der Waals surface area contributed by atoms with E-state index < -0.39 is 6.04 Å². The van der Waals surface area contributed by atoms with Gasteiger partial charge in [0.1, 0.15) is 0 Å². The molecular formula is C17H17NO4. The number of aryl methyl sites for hydroxylation is 1. The predicted octanol–water partition coefficient (Wildman–Crippen LogP) is 3.05. The molecule has 1 atom stereocenters. The second kappa shape index (κ2) is 5.97. The van der Waals surface area contributed by atoms with Crippen LogP contribution in [0.1, 0.15) is 17.2 Å². The van der Waals surface area contributed by atoms with Crippen molar-refractivity contribution in [3.63, 3.8) is 0 Å². The maximum Gasteiger partial charge on any atom is 0.332 e. The van der Waals surface area contributed by atoms with E-state index >= 15 is 0 Å².